The van der Waals surface area contributed by atoms with Crippen molar-refractivity contribution in [1.82, 2.24) is 5.32 Å². The molecule has 0 heterocycles. The van der Waals surface area contributed by atoms with E-state index >= 15 is 0 Å². The molecule has 0 unspecified atom stereocenters. The predicted octanol–water partition coefficient (Wildman–Crippen LogP) is 4.84. The van der Waals surface area contributed by atoms with Crippen LogP contribution in [-0.4, -0.2) is 11.9 Å². The van der Waals surface area contributed by atoms with Crippen LogP contribution < -0.4 is 10.1 Å². The summed E-state index contributed by atoms with van der Waals surface area (Å²) in [5, 5.41) is 3.91. The third-order valence-corrected chi connectivity index (χ3v) is 5.87. The van der Waals surface area contributed by atoms with Gasteiger partial charge < -0.3 is 10.1 Å². The zero-order chi connectivity index (χ0) is 17.2. The molecule has 2 aliphatic carbocycles. The second-order valence-corrected chi connectivity index (χ2v) is 7.57. The average Bonchev–Trinajstić information content (AvgIpc) is 3.24. The molecule has 130 valence electrons. The molecule has 25 heavy (non-hydrogen) atoms. The maximum Gasteiger partial charge on any atom is 0.251 e. The van der Waals surface area contributed by atoms with Crippen LogP contribution in [0, 0.1) is 11.8 Å². The molecule has 0 spiro atoms. The Labute approximate surface area is 153 Å². The van der Waals surface area contributed by atoms with Crippen LogP contribution in [0.15, 0.2) is 48.5 Å². The molecule has 2 aromatic carbocycles. The summed E-state index contributed by atoms with van der Waals surface area (Å²) in [6.45, 7) is 0.386. The molecule has 4 heteroatoms. The average molecular weight is 356 g/mol. The number of hydrogen-bond acceptors (Lipinski definition) is 2. The third kappa shape index (κ3) is 3.67. The molecule has 0 saturated heterocycles. The van der Waals surface area contributed by atoms with Gasteiger partial charge in [-0.1, -0.05) is 42.3 Å². The molecule has 3 nitrogen and oxygen atoms in total. The molecule has 0 radical (unpaired) electrons. The van der Waals surface area contributed by atoms with Gasteiger partial charge in [-0.25, -0.2) is 0 Å². The van der Waals surface area contributed by atoms with Crippen LogP contribution in [0.25, 0.3) is 0 Å². The van der Waals surface area contributed by atoms with E-state index in [4.69, 9.17) is 16.3 Å². The Hall–Kier alpha value is -2.00. The summed E-state index contributed by atoms with van der Waals surface area (Å²) in [7, 11) is 0. The molecule has 0 aromatic heterocycles. The fraction of sp³-hybridized carbons (Fsp3) is 0.381. The summed E-state index contributed by atoms with van der Waals surface area (Å²) in [4.78, 5) is 12.6. The minimum absolute atomic E-state index is 0.000688. The Morgan fingerprint density at radius 1 is 1.12 bits per heavy atom. The molecule has 2 bridgehead atoms. The van der Waals surface area contributed by atoms with Gasteiger partial charge in [-0.15, -0.1) is 0 Å². The van der Waals surface area contributed by atoms with E-state index in [1.54, 1.807) is 6.07 Å². The Morgan fingerprint density at radius 3 is 2.76 bits per heavy atom. The van der Waals surface area contributed by atoms with Crippen molar-refractivity contribution in [3.05, 3.63) is 64.7 Å². The minimum atomic E-state index is 0.000688. The summed E-state index contributed by atoms with van der Waals surface area (Å²) in [5.74, 6) is 2.18. The van der Waals surface area contributed by atoms with Gasteiger partial charge in [0.05, 0.1) is 0 Å². The molecular weight excluding hydrogens is 334 g/mol. The molecule has 1 amide bonds. The first kappa shape index (κ1) is 16.5. The van der Waals surface area contributed by atoms with Crippen molar-refractivity contribution < 1.29 is 9.53 Å². The molecule has 0 aliphatic heterocycles. The monoisotopic (exact) mass is 355 g/mol. The van der Waals surface area contributed by atoms with Gasteiger partial charge in [0.25, 0.3) is 5.91 Å². The molecule has 2 aliphatic rings. The Balaban J connectivity index is 1.39. The lowest BCUT2D eigenvalue weighted by atomic mass is 9.95. The van der Waals surface area contributed by atoms with Crippen LogP contribution in [-0.2, 0) is 6.61 Å². The van der Waals surface area contributed by atoms with E-state index < -0.39 is 0 Å². The predicted molar refractivity (Wildman–Crippen MR) is 98.9 cm³/mol. The second-order valence-electron chi connectivity index (χ2n) is 7.16. The number of fused-ring (bicyclic) bond motifs is 2. The summed E-state index contributed by atoms with van der Waals surface area (Å²) < 4.78 is 5.82. The maximum atomic E-state index is 12.6. The minimum Gasteiger partial charge on any atom is -0.489 e. The molecule has 2 aromatic rings. The van der Waals surface area contributed by atoms with E-state index in [9.17, 15) is 4.79 Å². The SMILES string of the molecule is O=C(N[C@H]1C[C@H]2CC[C@@H]1C2)c1cccc(OCc2ccccc2Cl)c1. The number of nitrogens with one attached hydrogen (secondary N) is 1. The zero-order valence-corrected chi connectivity index (χ0v) is 14.8. The summed E-state index contributed by atoms with van der Waals surface area (Å²) >= 11 is 6.15. The Bertz CT molecular complexity index is 776. The van der Waals surface area contributed by atoms with Gasteiger partial charge in [0.2, 0.25) is 0 Å². The topological polar surface area (TPSA) is 38.3 Å². The van der Waals surface area contributed by atoms with Gasteiger partial charge in [-0.2, -0.15) is 0 Å². The summed E-state index contributed by atoms with van der Waals surface area (Å²) in [6, 6.07) is 15.3. The van der Waals surface area contributed by atoms with Crippen molar-refractivity contribution in [3.8, 4) is 5.75 Å². The van der Waals surface area contributed by atoms with Crippen LogP contribution in [0.1, 0.15) is 41.6 Å². The first-order valence-electron chi connectivity index (χ1n) is 8.96. The Morgan fingerprint density at radius 2 is 2.00 bits per heavy atom. The standard InChI is InChI=1S/C21H22ClNO2/c22-19-7-2-1-4-17(19)13-25-18-6-3-5-16(12-18)21(24)23-20-11-14-8-9-15(20)10-14/h1-7,12,14-15,20H,8-11,13H2,(H,23,24)/t14-,15+,20-/m0/s1. The number of amides is 1. The van der Waals surface area contributed by atoms with Crippen LogP contribution in [0.4, 0.5) is 0 Å². The van der Waals surface area contributed by atoms with Gasteiger partial charge in [0.15, 0.2) is 0 Å². The molecular formula is C21H22ClNO2. The van der Waals surface area contributed by atoms with Gasteiger partial charge >= 0.3 is 0 Å². The zero-order valence-electron chi connectivity index (χ0n) is 14.1. The first-order valence-corrected chi connectivity index (χ1v) is 9.34. The van der Waals surface area contributed by atoms with E-state index in [0.717, 1.165) is 17.9 Å². The van der Waals surface area contributed by atoms with Crippen molar-refractivity contribution in [2.45, 2.75) is 38.3 Å². The first-order chi connectivity index (χ1) is 12.2. The third-order valence-electron chi connectivity index (χ3n) is 5.50. The van der Waals surface area contributed by atoms with Crippen molar-refractivity contribution in [3.63, 3.8) is 0 Å². The largest absolute Gasteiger partial charge is 0.489 e. The molecule has 2 saturated carbocycles. The van der Waals surface area contributed by atoms with E-state index in [1.165, 1.54) is 19.3 Å². The maximum absolute atomic E-state index is 12.6. The highest BCUT2D eigenvalue weighted by atomic mass is 35.5. The fourth-order valence-electron chi connectivity index (χ4n) is 4.18. The van der Waals surface area contributed by atoms with Crippen molar-refractivity contribution >= 4 is 17.5 Å². The highest BCUT2D eigenvalue weighted by Crippen LogP contribution is 2.44. The van der Waals surface area contributed by atoms with Crippen molar-refractivity contribution in [2.24, 2.45) is 11.8 Å². The van der Waals surface area contributed by atoms with Gasteiger partial charge in [-0.05, 0) is 55.4 Å². The quantitative estimate of drug-likeness (QED) is 0.833. The fourth-order valence-corrected chi connectivity index (χ4v) is 4.37. The highest BCUT2D eigenvalue weighted by Gasteiger charge is 2.40. The van der Waals surface area contributed by atoms with Crippen LogP contribution >= 0.6 is 11.6 Å². The number of halogens is 1. The molecule has 4 rings (SSSR count). The smallest absolute Gasteiger partial charge is 0.251 e. The van der Waals surface area contributed by atoms with E-state index in [1.807, 2.05) is 42.5 Å². The number of carbonyl (C=O) groups excluding carboxylic acids is 1. The lowest BCUT2D eigenvalue weighted by Gasteiger charge is -2.23. The molecule has 2 fully saturated rings. The second kappa shape index (κ2) is 7.09. The highest BCUT2D eigenvalue weighted by molar-refractivity contribution is 6.31. The van der Waals surface area contributed by atoms with Crippen LogP contribution in [0.3, 0.4) is 0 Å². The molecule has 3 atom stereocenters. The van der Waals surface area contributed by atoms with Gasteiger partial charge in [0.1, 0.15) is 12.4 Å². The van der Waals surface area contributed by atoms with E-state index in [0.29, 0.717) is 34.9 Å². The normalized spacial score (nSPS) is 24.3. The van der Waals surface area contributed by atoms with Crippen LogP contribution in [0.5, 0.6) is 5.75 Å². The number of ether oxygens (including phenoxy) is 1. The Kier molecular flexibility index (Phi) is 4.67. The number of carbonyl (C=O) groups is 1. The van der Waals surface area contributed by atoms with E-state index in [-0.39, 0.29) is 5.91 Å². The number of hydrogen-bond donors (Lipinski definition) is 1. The van der Waals surface area contributed by atoms with Crippen molar-refractivity contribution in [1.29, 1.82) is 0 Å². The van der Waals surface area contributed by atoms with Crippen molar-refractivity contribution in [2.75, 3.05) is 0 Å². The van der Waals surface area contributed by atoms with Gasteiger partial charge in [-0.3, -0.25) is 4.79 Å². The number of rotatable bonds is 5. The number of benzene rings is 2. The summed E-state index contributed by atoms with van der Waals surface area (Å²) in [5.41, 5.74) is 1.58. The van der Waals surface area contributed by atoms with Gasteiger partial charge in [0, 0.05) is 22.2 Å². The lowest BCUT2D eigenvalue weighted by Crippen LogP contribution is -2.38. The summed E-state index contributed by atoms with van der Waals surface area (Å²) in [6.07, 6.45) is 5.02. The van der Waals surface area contributed by atoms with Crippen LogP contribution in [0.2, 0.25) is 5.02 Å². The van der Waals surface area contributed by atoms with E-state index in [2.05, 4.69) is 5.32 Å². The molecule has 1 N–H and O–H groups in total. The lowest BCUT2D eigenvalue weighted by molar-refractivity contribution is 0.0922.